The molecule has 1 atom stereocenters. The van der Waals surface area contributed by atoms with Crippen molar-refractivity contribution in [1.29, 1.82) is 0 Å². The van der Waals surface area contributed by atoms with Gasteiger partial charge in [-0.25, -0.2) is 0 Å². The molecule has 0 aromatic heterocycles. The van der Waals surface area contributed by atoms with E-state index in [1.165, 1.54) is 7.05 Å². The second-order valence-corrected chi connectivity index (χ2v) is 4.75. The lowest BCUT2D eigenvalue weighted by atomic mass is 10.1. The molecule has 100 valence electrons. The minimum absolute atomic E-state index is 0.148. The number of imide groups is 1. The third-order valence-electron chi connectivity index (χ3n) is 2.99. The Bertz CT molecular complexity index is 504. The molecule has 0 bridgehead atoms. The first-order valence-corrected chi connectivity index (χ1v) is 6.41. The zero-order valence-electron chi connectivity index (χ0n) is 10.6. The van der Waals surface area contributed by atoms with Crippen LogP contribution in [0.25, 0.3) is 0 Å². The summed E-state index contributed by atoms with van der Waals surface area (Å²) in [5.74, 6) is -0.390. The van der Waals surface area contributed by atoms with Crippen LogP contribution < -0.4 is 10.6 Å². The number of para-hydroxylation sites is 1. The van der Waals surface area contributed by atoms with E-state index in [-0.39, 0.29) is 11.8 Å². The SMILES string of the molecule is CN1C(=O)CCC(NC(=S)Nc2ccccc2)C1=O. The van der Waals surface area contributed by atoms with Gasteiger partial charge in [0, 0.05) is 19.2 Å². The molecule has 6 heteroatoms. The lowest BCUT2D eigenvalue weighted by molar-refractivity contribution is -0.147. The molecule has 5 nitrogen and oxygen atoms in total. The molecule has 19 heavy (non-hydrogen) atoms. The molecule has 0 saturated carbocycles. The summed E-state index contributed by atoms with van der Waals surface area (Å²) in [4.78, 5) is 24.4. The number of hydrogen-bond donors (Lipinski definition) is 2. The quantitative estimate of drug-likeness (QED) is 0.626. The van der Waals surface area contributed by atoms with E-state index in [1.807, 2.05) is 30.3 Å². The molecule has 1 heterocycles. The number of nitrogens with zero attached hydrogens (tertiary/aromatic N) is 1. The highest BCUT2D eigenvalue weighted by atomic mass is 32.1. The van der Waals surface area contributed by atoms with E-state index >= 15 is 0 Å². The molecular weight excluding hydrogens is 262 g/mol. The van der Waals surface area contributed by atoms with Gasteiger partial charge in [0.2, 0.25) is 5.91 Å². The number of rotatable bonds is 2. The van der Waals surface area contributed by atoms with Crippen LogP contribution in [0.15, 0.2) is 30.3 Å². The molecular formula is C13H15N3O2S. The van der Waals surface area contributed by atoms with Gasteiger partial charge in [0.1, 0.15) is 6.04 Å². The molecule has 1 saturated heterocycles. The maximum atomic E-state index is 11.9. The Kier molecular flexibility index (Phi) is 4.11. The van der Waals surface area contributed by atoms with E-state index in [9.17, 15) is 9.59 Å². The van der Waals surface area contributed by atoms with Crippen molar-refractivity contribution in [3.8, 4) is 0 Å². The summed E-state index contributed by atoms with van der Waals surface area (Å²) in [7, 11) is 1.49. The van der Waals surface area contributed by atoms with Gasteiger partial charge < -0.3 is 10.6 Å². The van der Waals surface area contributed by atoms with E-state index < -0.39 is 6.04 Å². The van der Waals surface area contributed by atoms with Crippen LogP contribution in [0.1, 0.15) is 12.8 Å². The number of carbonyl (C=O) groups is 2. The van der Waals surface area contributed by atoms with Crippen LogP contribution in [0, 0.1) is 0 Å². The highest BCUT2D eigenvalue weighted by Gasteiger charge is 2.31. The first-order valence-electron chi connectivity index (χ1n) is 6.01. The fourth-order valence-corrected chi connectivity index (χ4v) is 2.16. The standard InChI is InChI=1S/C13H15N3O2S/c1-16-11(17)8-7-10(12(16)18)15-13(19)14-9-5-3-2-4-6-9/h2-6,10H,7-8H2,1H3,(H2,14,15,19). The summed E-state index contributed by atoms with van der Waals surface area (Å²) >= 11 is 5.16. The van der Waals surface area contributed by atoms with Crippen molar-refractivity contribution in [3.05, 3.63) is 30.3 Å². The van der Waals surface area contributed by atoms with Gasteiger partial charge in [-0.15, -0.1) is 0 Å². The van der Waals surface area contributed by atoms with Crippen molar-refractivity contribution < 1.29 is 9.59 Å². The molecule has 1 aromatic carbocycles. The van der Waals surface area contributed by atoms with Crippen LogP contribution >= 0.6 is 12.2 Å². The third-order valence-corrected chi connectivity index (χ3v) is 3.21. The maximum absolute atomic E-state index is 11.9. The van der Waals surface area contributed by atoms with Crippen LogP contribution in [0.4, 0.5) is 5.69 Å². The zero-order valence-corrected chi connectivity index (χ0v) is 11.4. The summed E-state index contributed by atoms with van der Waals surface area (Å²) < 4.78 is 0. The first kappa shape index (κ1) is 13.5. The lowest BCUT2D eigenvalue weighted by Gasteiger charge is -2.29. The Balaban J connectivity index is 1.92. The molecule has 0 spiro atoms. The van der Waals surface area contributed by atoms with Crippen molar-refractivity contribution in [2.24, 2.45) is 0 Å². The summed E-state index contributed by atoms with van der Waals surface area (Å²) in [6, 6.07) is 9.02. The van der Waals surface area contributed by atoms with Crippen molar-refractivity contribution in [2.75, 3.05) is 12.4 Å². The topological polar surface area (TPSA) is 61.4 Å². The van der Waals surface area contributed by atoms with Gasteiger partial charge >= 0.3 is 0 Å². The highest BCUT2D eigenvalue weighted by molar-refractivity contribution is 7.80. The van der Waals surface area contributed by atoms with Crippen molar-refractivity contribution in [1.82, 2.24) is 10.2 Å². The van der Waals surface area contributed by atoms with Crippen molar-refractivity contribution in [2.45, 2.75) is 18.9 Å². The average molecular weight is 277 g/mol. The first-order chi connectivity index (χ1) is 9.08. The number of amides is 2. The smallest absolute Gasteiger partial charge is 0.251 e. The van der Waals surface area contributed by atoms with E-state index in [4.69, 9.17) is 12.2 Å². The van der Waals surface area contributed by atoms with E-state index in [0.717, 1.165) is 10.6 Å². The van der Waals surface area contributed by atoms with Crippen molar-refractivity contribution in [3.63, 3.8) is 0 Å². The van der Waals surface area contributed by atoms with Gasteiger partial charge in [0.25, 0.3) is 5.91 Å². The third kappa shape index (κ3) is 3.29. The number of carbonyl (C=O) groups excluding carboxylic acids is 2. The zero-order chi connectivity index (χ0) is 13.8. The van der Waals surface area contributed by atoms with Crippen LogP contribution in [0.2, 0.25) is 0 Å². The number of hydrogen-bond acceptors (Lipinski definition) is 3. The Morgan fingerprint density at radius 2 is 2.00 bits per heavy atom. The normalized spacial score (nSPS) is 19.2. The fourth-order valence-electron chi connectivity index (χ4n) is 1.90. The number of nitrogens with one attached hydrogen (secondary N) is 2. The Morgan fingerprint density at radius 3 is 2.68 bits per heavy atom. The molecule has 1 unspecified atom stereocenters. The molecule has 1 aliphatic heterocycles. The van der Waals surface area contributed by atoms with Gasteiger partial charge in [-0.3, -0.25) is 14.5 Å². The Labute approximate surface area is 117 Å². The van der Waals surface area contributed by atoms with Gasteiger partial charge in [-0.05, 0) is 30.8 Å². The predicted octanol–water partition coefficient (Wildman–Crippen LogP) is 1.12. The average Bonchev–Trinajstić information content (AvgIpc) is 2.41. The number of anilines is 1. The summed E-state index contributed by atoms with van der Waals surface area (Å²) in [6.45, 7) is 0. The molecule has 1 aromatic rings. The number of benzene rings is 1. The summed E-state index contributed by atoms with van der Waals surface area (Å²) in [5.41, 5.74) is 0.854. The van der Waals surface area contributed by atoms with E-state index in [1.54, 1.807) is 0 Å². The second-order valence-electron chi connectivity index (χ2n) is 4.35. The van der Waals surface area contributed by atoms with Crippen LogP contribution in [-0.4, -0.2) is 34.9 Å². The van der Waals surface area contributed by atoms with Crippen LogP contribution in [-0.2, 0) is 9.59 Å². The van der Waals surface area contributed by atoms with Crippen LogP contribution in [0.3, 0.4) is 0 Å². The molecule has 0 radical (unpaired) electrons. The van der Waals surface area contributed by atoms with Gasteiger partial charge in [0.05, 0.1) is 0 Å². The molecule has 1 aliphatic rings. The van der Waals surface area contributed by atoms with Gasteiger partial charge in [0.15, 0.2) is 5.11 Å². The van der Waals surface area contributed by atoms with Gasteiger partial charge in [-0.1, -0.05) is 18.2 Å². The number of thiocarbonyl (C=S) groups is 1. The van der Waals surface area contributed by atoms with Crippen molar-refractivity contribution >= 4 is 34.8 Å². The molecule has 2 N–H and O–H groups in total. The Morgan fingerprint density at radius 1 is 1.32 bits per heavy atom. The Hall–Kier alpha value is -1.95. The second kappa shape index (κ2) is 5.79. The monoisotopic (exact) mass is 277 g/mol. The largest absolute Gasteiger partial charge is 0.351 e. The maximum Gasteiger partial charge on any atom is 0.251 e. The van der Waals surface area contributed by atoms with E-state index in [0.29, 0.717) is 18.0 Å². The molecule has 0 aliphatic carbocycles. The van der Waals surface area contributed by atoms with Crippen LogP contribution in [0.5, 0.6) is 0 Å². The summed E-state index contributed by atoms with van der Waals surface area (Å²) in [6.07, 6.45) is 0.826. The molecule has 1 fully saturated rings. The van der Waals surface area contributed by atoms with E-state index in [2.05, 4.69) is 10.6 Å². The minimum Gasteiger partial charge on any atom is -0.351 e. The van der Waals surface area contributed by atoms with Gasteiger partial charge in [-0.2, -0.15) is 0 Å². The fraction of sp³-hybridized carbons (Fsp3) is 0.308. The number of likely N-dealkylation sites (N-methyl/N-ethyl adjacent to an activating group) is 1. The number of likely N-dealkylation sites (tertiary alicyclic amines) is 1. The highest BCUT2D eigenvalue weighted by Crippen LogP contribution is 2.12. The predicted molar refractivity (Wildman–Crippen MR) is 76.6 cm³/mol. The minimum atomic E-state index is -0.439. The molecule has 2 rings (SSSR count). The summed E-state index contributed by atoms with van der Waals surface area (Å²) in [5, 5.41) is 6.33. The number of piperidine rings is 1. The molecule has 2 amide bonds. The lowest BCUT2D eigenvalue weighted by Crippen LogP contribution is -2.53.